The van der Waals surface area contributed by atoms with Crippen LogP contribution in [0.15, 0.2) is 36.4 Å². The Morgan fingerprint density at radius 2 is 1.88 bits per heavy atom. The van der Waals surface area contributed by atoms with Gasteiger partial charge in [0.15, 0.2) is 0 Å². The molecule has 0 saturated heterocycles. The van der Waals surface area contributed by atoms with E-state index in [1.165, 1.54) is 30.3 Å². The van der Waals surface area contributed by atoms with Crippen molar-refractivity contribution in [2.45, 2.75) is 26.4 Å². The standard InChI is InChI=1S/C19H14ClF4NO/c1-2-16-13(8-10-6-7-11(20)9-15(10)22)18(26-19(23)24)12-4-3-5-14(21)17(12)25-16/h3-7,9,19H,2,8H2,1H3. The Hall–Kier alpha value is -2.34. The summed E-state index contributed by atoms with van der Waals surface area (Å²) in [7, 11) is 0. The molecule has 0 aliphatic carbocycles. The van der Waals surface area contributed by atoms with Crippen molar-refractivity contribution >= 4 is 22.5 Å². The van der Waals surface area contributed by atoms with Crippen LogP contribution in [-0.4, -0.2) is 11.6 Å². The van der Waals surface area contributed by atoms with Crippen molar-refractivity contribution in [3.8, 4) is 5.75 Å². The second-order valence-electron chi connectivity index (χ2n) is 5.65. The predicted molar refractivity (Wildman–Crippen MR) is 91.9 cm³/mol. The molecular weight excluding hydrogens is 370 g/mol. The zero-order valence-corrected chi connectivity index (χ0v) is 14.5. The van der Waals surface area contributed by atoms with Crippen LogP contribution in [-0.2, 0) is 12.8 Å². The molecular formula is C19H14ClF4NO. The normalized spacial score (nSPS) is 11.3. The van der Waals surface area contributed by atoms with Crippen molar-refractivity contribution in [2.24, 2.45) is 0 Å². The molecule has 7 heteroatoms. The van der Waals surface area contributed by atoms with Gasteiger partial charge in [-0.05, 0) is 36.2 Å². The SMILES string of the molecule is CCc1nc2c(F)cccc2c(OC(F)F)c1Cc1ccc(Cl)cc1F. The lowest BCUT2D eigenvalue weighted by Gasteiger charge is -2.17. The number of para-hydroxylation sites is 1. The smallest absolute Gasteiger partial charge is 0.387 e. The van der Waals surface area contributed by atoms with Gasteiger partial charge in [0.25, 0.3) is 0 Å². The van der Waals surface area contributed by atoms with Crippen LogP contribution >= 0.6 is 11.6 Å². The van der Waals surface area contributed by atoms with E-state index < -0.39 is 18.2 Å². The summed E-state index contributed by atoms with van der Waals surface area (Å²) in [4.78, 5) is 4.26. The maximum absolute atomic E-state index is 14.2. The fraction of sp³-hybridized carbons (Fsp3) is 0.211. The number of halogens is 5. The van der Waals surface area contributed by atoms with E-state index in [1.807, 2.05) is 0 Å². The number of benzene rings is 2. The number of fused-ring (bicyclic) bond motifs is 1. The number of rotatable bonds is 5. The van der Waals surface area contributed by atoms with Crippen molar-refractivity contribution in [1.29, 1.82) is 0 Å². The van der Waals surface area contributed by atoms with Gasteiger partial charge in [-0.25, -0.2) is 13.8 Å². The number of aryl methyl sites for hydroxylation is 1. The van der Waals surface area contributed by atoms with Crippen LogP contribution in [0.4, 0.5) is 17.6 Å². The Kier molecular flexibility index (Phi) is 5.32. The molecule has 1 aromatic heterocycles. The molecule has 0 spiro atoms. The van der Waals surface area contributed by atoms with E-state index >= 15 is 0 Å². The molecule has 0 aliphatic heterocycles. The van der Waals surface area contributed by atoms with Crippen LogP contribution in [0.1, 0.15) is 23.7 Å². The summed E-state index contributed by atoms with van der Waals surface area (Å²) in [5.74, 6) is -1.39. The first kappa shape index (κ1) is 18.5. The number of nitrogens with zero attached hydrogens (tertiary/aromatic N) is 1. The molecule has 0 atom stereocenters. The number of aromatic nitrogens is 1. The van der Waals surface area contributed by atoms with Crippen molar-refractivity contribution < 1.29 is 22.3 Å². The first-order chi connectivity index (χ1) is 12.4. The lowest BCUT2D eigenvalue weighted by atomic mass is 9.98. The zero-order valence-electron chi connectivity index (χ0n) is 13.7. The highest BCUT2D eigenvalue weighted by atomic mass is 35.5. The van der Waals surface area contributed by atoms with Gasteiger partial charge in [0.1, 0.15) is 22.9 Å². The molecule has 3 aromatic rings. The fourth-order valence-electron chi connectivity index (χ4n) is 2.86. The van der Waals surface area contributed by atoms with Crippen LogP contribution in [0.5, 0.6) is 5.75 Å². The van der Waals surface area contributed by atoms with E-state index in [4.69, 9.17) is 16.3 Å². The minimum absolute atomic E-state index is 0.0340. The molecule has 0 unspecified atom stereocenters. The monoisotopic (exact) mass is 383 g/mol. The van der Waals surface area contributed by atoms with Gasteiger partial charge < -0.3 is 4.74 Å². The molecule has 0 aliphatic rings. The van der Waals surface area contributed by atoms with Crippen LogP contribution < -0.4 is 4.74 Å². The predicted octanol–water partition coefficient (Wildman–Crippen LogP) is 5.92. The molecule has 2 aromatic carbocycles. The van der Waals surface area contributed by atoms with E-state index in [-0.39, 0.29) is 33.7 Å². The van der Waals surface area contributed by atoms with Crippen molar-refractivity contribution in [2.75, 3.05) is 0 Å². The van der Waals surface area contributed by atoms with E-state index in [9.17, 15) is 17.6 Å². The molecule has 0 fully saturated rings. The van der Waals surface area contributed by atoms with E-state index in [1.54, 1.807) is 6.92 Å². The second-order valence-corrected chi connectivity index (χ2v) is 6.08. The molecule has 0 saturated carbocycles. The summed E-state index contributed by atoms with van der Waals surface area (Å²) in [6.45, 7) is -1.36. The first-order valence-electron chi connectivity index (χ1n) is 7.89. The van der Waals surface area contributed by atoms with Gasteiger partial charge >= 0.3 is 6.61 Å². The Morgan fingerprint density at radius 3 is 2.54 bits per heavy atom. The zero-order chi connectivity index (χ0) is 18.8. The fourth-order valence-corrected chi connectivity index (χ4v) is 3.02. The van der Waals surface area contributed by atoms with Crippen LogP contribution in [0.2, 0.25) is 5.02 Å². The molecule has 0 N–H and O–H groups in total. The van der Waals surface area contributed by atoms with Crippen LogP contribution in [0.3, 0.4) is 0 Å². The molecule has 1 heterocycles. The highest BCUT2D eigenvalue weighted by molar-refractivity contribution is 6.30. The summed E-state index contributed by atoms with van der Waals surface area (Å²) in [6.07, 6.45) is 0.308. The molecule has 0 bridgehead atoms. The molecule has 3 rings (SSSR count). The van der Waals surface area contributed by atoms with E-state index in [0.717, 1.165) is 6.07 Å². The highest BCUT2D eigenvalue weighted by Crippen LogP contribution is 2.35. The summed E-state index contributed by atoms with van der Waals surface area (Å²) in [5.41, 5.74) is 0.862. The maximum Gasteiger partial charge on any atom is 0.387 e. The van der Waals surface area contributed by atoms with Gasteiger partial charge in [0.2, 0.25) is 0 Å². The number of pyridine rings is 1. The highest BCUT2D eigenvalue weighted by Gasteiger charge is 2.21. The third-order valence-electron chi connectivity index (χ3n) is 4.02. The molecule has 26 heavy (non-hydrogen) atoms. The maximum atomic E-state index is 14.2. The van der Waals surface area contributed by atoms with Gasteiger partial charge in [-0.15, -0.1) is 0 Å². The number of hydrogen-bond donors (Lipinski definition) is 0. The quantitative estimate of drug-likeness (QED) is 0.510. The number of ether oxygens (including phenoxy) is 1. The minimum atomic E-state index is -3.11. The first-order valence-corrected chi connectivity index (χ1v) is 8.27. The van der Waals surface area contributed by atoms with Crippen LogP contribution in [0.25, 0.3) is 10.9 Å². The van der Waals surface area contributed by atoms with Gasteiger partial charge in [-0.2, -0.15) is 8.78 Å². The van der Waals surface area contributed by atoms with Gasteiger partial charge in [-0.3, -0.25) is 0 Å². The van der Waals surface area contributed by atoms with E-state index in [2.05, 4.69) is 4.98 Å². The van der Waals surface area contributed by atoms with Gasteiger partial charge in [0.05, 0.1) is 0 Å². The molecule has 0 radical (unpaired) electrons. The summed E-state index contributed by atoms with van der Waals surface area (Å²) in [6, 6.07) is 8.15. The third kappa shape index (κ3) is 3.60. The Labute approximate surface area is 152 Å². The molecule has 136 valence electrons. The van der Waals surface area contributed by atoms with Gasteiger partial charge in [-0.1, -0.05) is 30.7 Å². The van der Waals surface area contributed by atoms with Crippen molar-refractivity contribution in [1.82, 2.24) is 4.98 Å². The third-order valence-corrected chi connectivity index (χ3v) is 4.26. The lowest BCUT2D eigenvalue weighted by Crippen LogP contribution is -2.10. The topological polar surface area (TPSA) is 22.1 Å². The summed E-state index contributed by atoms with van der Waals surface area (Å²) in [5, 5.41) is 0.344. The molecule has 2 nitrogen and oxygen atoms in total. The molecule has 0 amide bonds. The number of hydrogen-bond acceptors (Lipinski definition) is 2. The van der Waals surface area contributed by atoms with Crippen molar-refractivity contribution in [3.63, 3.8) is 0 Å². The summed E-state index contributed by atoms with van der Waals surface area (Å²) < 4.78 is 59.0. The average Bonchev–Trinajstić information content (AvgIpc) is 2.58. The Balaban J connectivity index is 2.24. The van der Waals surface area contributed by atoms with Gasteiger partial charge in [0, 0.05) is 28.1 Å². The average molecular weight is 384 g/mol. The largest absolute Gasteiger partial charge is 0.434 e. The Bertz CT molecular complexity index is 962. The minimum Gasteiger partial charge on any atom is -0.434 e. The second kappa shape index (κ2) is 7.50. The lowest BCUT2D eigenvalue weighted by molar-refractivity contribution is -0.0494. The van der Waals surface area contributed by atoms with Crippen LogP contribution in [0, 0.1) is 11.6 Å². The summed E-state index contributed by atoms with van der Waals surface area (Å²) >= 11 is 5.76. The number of alkyl halides is 2. The van der Waals surface area contributed by atoms with E-state index in [0.29, 0.717) is 17.7 Å². The van der Waals surface area contributed by atoms with Crippen molar-refractivity contribution in [3.05, 3.63) is 69.9 Å². The Morgan fingerprint density at radius 1 is 1.12 bits per heavy atom.